The summed E-state index contributed by atoms with van der Waals surface area (Å²) < 4.78 is 0. The first-order chi connectivity index (χ1) is 6.12. The van der Waals surface area contributed by atoms with Crippen LogP contribution in [0.2, 0.25) is 0 Å². The number of nitrogens with one attached hydrogen (secondary N) is 2. The van der Waals surface area contributed by atoms with Crippen LogP contribution in [0.1, 0.15) is 46.5 Å². The van der Waals surface area contributed by atoms with Gasteiger partial charge in [-0.1, -0.05) is 26.7 Å². The minimum Gasteiger partial charge on any atom is -0.303 e. The summed E-state index contributed by atoms with van der Waals surface area (Å²) in [5.74, 6) is 0. The molecule has 0 aliphatic rings. The first kappa shape index (κ1) is 13.1. The highest BCUT2D eigenvalue weighted by Gasteiger charge is 2.13. The topological polar surface area (TPSA) is 24.1 Å². The van der Waals surface area contributed by atoms with Crippen molar-refractivity contribution in [1.82, 2.24) is 10.6 Å². The lowest BCUT2D eigenvalue weighted by Crippen LogP contribution is -2.55. The Morgan fingerprint density at radius 1 is 1.00 bits per heavy atom. The molecule has 0 amide bonds. The van der Waals surface area contributed by atoms with Crippen molar-refractivity contribution in [2.45, 2.75) is 51.7 Å². The van der Waals surface area contributed by atoms with Gasteiger partial charge in [-0.2, -0.15) is 0 Å². The molecule has 3 heteroatoms. The molecule has 80 valence electrons. The van der Waals surface area contributed by atoms with Crippen molar-refractivity contribution in [2.75, 3.05) is 13.1 Å². The molecule has 0 aliphatic heterocycles. The molecular weight excluding hydrogens is 176 g/mol. The fourth-order valence-electron chi connectivity index (χ4n) is 1.22. The molecule has 0 atom stereocenters. The van der Waals surface area contributed by atoms with Gasteiger partial charge in [0.05, 0.1) is 0 Å². The fraction of sp³-hybridized carbons (Fsp3) is 1.00. The SMILES string of the molecule is CCCCNC(C)([SiH3])NCCCC. The number of unbranched alkanes of at least 4 members (excludes halogenated alkanes) is 2. The van der Waals surface area contributed by atoms with E-state index < -0.39 is 0 Å². The van der Waals surface area contributed by atoms with Gasteiger partial charge in [0.25, 0.3) is 0 Å². The average molecular weight is 202 g/mol. The second-order valence-electron chi connectivity index (χ2n) is 4.19. The predicted octanol–water partition coefficient (Wildman–Crippen LogP) is 0.805. The standard InChI is InChI=1S/C10H26N2Si/c1-4-6-8-11-10(3,13)12-9-7-5-2/h11-12H,4-9H2,1-3,13H3. The van der Waals surface area contributed by atoms with Crippen molar-refractivity contribution in [2.24, 2.45) is 0 Å². The molecule has 13 heavy (non-hydrogen) atoms. The summed E-state index contributed by atoms with van der Waals surface area (Å²) >= 11 is 0. The highest BCUT2D eigenvalue weighted by Crippen LogP contribution is 1.94. The molecule has 0 aromatic rings. The third-order valence-corrected chi connectivity index (χ3v) is 2.90. The van der Waals surface area contributed by atoms with E-state index in [0.29, 0.717) is 0 Å². The molecule has 2 nitrogen and oxygen atoms in total. The summed E-state index contributed by atoms with van der Waals surface area (Å²) in [4.78, 5) is 0. The molecule has 0 rings (SSSR count). The van der Waals surface area contributed by atoms with Crippen LogP contribution in [0.4, 0.5) is 0 Å². The van der Waals surface area contributed by atoms with Gasteiger partial charge in [-0.05, 0) is 32.9 Å². The van der Waals surface area contributed by atoms with Crippen molar-refractivity contribution in [3.63, 3.8) is 0 Å². The molecule has 0 spiro atoms. The third-order valence-electron chi connectivity index (χ3n) is 2.19. The van der Waals surface area contributed by atoms with Crippen LogP contribution in [0.25, 0.3) is 0 Å². The van der Waals surface area contributed by atoms with Crippen LogP contribution < -0.4 is 10.6 Å². The van der Waals surface area contributed by atoms with Crippen molar-refractivity contribution < 1.29 is 0 Å². The van der Waals surface area contributed by atoms with E-state index in [1.54, 1.807) is 0 Å². The van der Waals surface area contributed by atoms with E-state index in [9.17, 15) is 0 Å². The van der Waals surface area contributed by atoms with Gasteiger partial charge in [0.15, 0.2) is 0 Å². The van der Waals surface area contributed by atoms with E-state index in [1.807, 2.05) is 0 Å². The molecule has 0 saturated carbocycles. The normalized spacial score (nSPS) is 12.2. The second kappa shape index (κ2) is 7.53. The molecule has 0 aromatic carbocycles. The molecule has 0 saturated heterocycles. The van der Waals surface area contributed by atoms with Crippen molar-refractivity contribution >= 4 is 10.2 Å². The smallest absolute Gasteiger partial charge is 0.0460 e. The lowest BCUT2D eigenvalue weighted by Gasteiger charge is -2.28. The van der Waals surface area contributed by atoms with E-state index in [1.165, 1.54) is 25.7 Å². The largest absolute Gasteiger partial charge is 0.303 e. The monoisotopic (exact) mass is 202 g/mol. The van der Waals surface area contributed by atoms with Gasteiger partial charge in [-0.3, -0.25) is 0 Å². The minimum atomic E-state index is 0.240. The summed E-state index contributed by atoms with van der Waals surface area (Å²) in [5.41, 5.74) is 0. The molecule has 2 N–H and O–H groups in total. The Labute approximate surface area is 86.3 Å². The predicted molar refractivity (Wildman–Crippen MR) is 64.2 cm³/mol. The van der Waals surface area contributed by atoms with Gasteiger partial charge in [-0.15, -0.1) is 0 Å². The van der Waals surface area contributed by atoms with E-state index in [4.69, 9.17) is 0 Å². The Bertz CT molecular complexity index is 103. The Morgan fingerprint density at radius 2 is 1.38 bits per heavy atom. The molecule has 0 aromatic heterocycles. The van der Waals surface area contributed by atoms with Crippen LogP contribution in [0, 0.1) is 0 Å². The molecule has 0 fully saturated rings. The van der Waals surface area contributed by atoms with Gasteiger partial charge < -0.3 is 10.6 Å². The Kier molecular flexibility index (Phi) is 7.61. The lowest BCUT2D eigenvalue weighted by molar-refractivity contribution is 0.393. The van der Waals surface area contributed by atoms with Crippen LogP contribution in [0.15, 0.2) is 0 Å². The van der Waals surface area contributed by atoms with Crippen LogP contribution in [-0.4, -0.2) is 28.6 Å². The summed E-state index contributed by atoms with van der Waals surface area (Å²) in [6.45, 7) is 9.03. The third kappa shape index (κ3) is 8.47. The summed E-state index contributed by atoms with van der Waals surface area (Å²) in [6, 6.07) is 0. The van der Waals surface area contributed by atoms with Crippen LogP contribution in [0.3, 0.4) is 0 Å². The minimum absolute atomic E-state index is 0.240. The van der Waals surface area contributed by atoms with Crippen LogP contribution >= 0.6 is 0 Å². The van der Waals surface area contributed by atoms with E-state index >= 15 is 0 Å². The summed E-state index contributed by atoms with van der Waals surface area (Å²) in [7, 11) is 1.16. The zero-order chi connectivity index (χ0) is 10.2. The average Bonchev–Trinajstić information content (AvgIpc) is 2.05. The fourth-order valence-corrected chi connectivity index (χ4v) is 1.72. The number of hydrogen-bond acceptors (Lipinski definition) is 2. The van der Waals surface area contributed by atoms with Gasteiger partial charge in [0.2, 0.25) is 0 Å². The first-order valence-electron chi connectivity index (χ1n) is 5.62. The van der Waals surface area contributed by atoms with Gasteiger partial charge in [0, 0.05) is 15.5 Å². The Morgan fingerprint density at radius 3 is 1.69 bits per heavy atom. The Hall–Kier alpha value is 0.137. The quantitative estimate of drug-likeness (QED) is 0.346. The molecule has 0 heterocycles. The Balaban J connectivity index is 3.42. The van der Waals surface area contributed by atoms with Crippen molar-refractivity contribution in [3.05, 3.63) is 0 Å². The molecule has 0 radical (unpaired) electrons. The van der Waals surface area contributed by atoms with Crippen LogP contribution in [-0.2, 0) is 0 Å². The van der Waals surface area contributed by atoms with Crippen LogP contribution in [0.5, 0.6) is 0 Å². The van der Waals surface area contributed by atoms with Crippen molar-refractivity contribution in [3.8, 4) is 0 Å². The summed E-state index contributed by atoms with van der Waals surface area (Å²) in [5, 5.41) is 7.38. The highest BCUT2D eigenvalue weighted by atomic mass is 28.1. The number of hydrogen-bond donors (Lipinski definition) is 2. The number of rotatable bonds is 8. The zero-order valence-corrected chi connectivity index (χ0v) is 11.7. The van der Waals surface area contributed by atoms with E-state index in [0.717, 1.165) is 23.3 Å². The molecule has 0 unspecified atom stereocenters. The van der Waals surface area contributed by atoms with Gasteiger partial charge in [-0.25, -0.2) is 0 Å². The second-order valence-corrected chi connectivity index (χ2v) is 6.19. The molecule has 0 aliphatic carbocycles. The lowest BCUT2D eigenvalue weighted by atomic mass is 10.3. The van der Waals surface area contributed by atoms with E-state index in [-0.39, 0.29) is 5.29 Å². The highest BCUT2D eigenvalue weighted by molar-refractivity contribution is 6.14. The maximum atomic E-state index is 3.57. The van der Waals surface area contributed by atoms with Crippen molar-refractivity contribution in [1.29, 1.82) is 0 Å². The van der Waals surface area contributed by atoms with E-state index in [2.05, 4.69) is 31.4 Å². The van der Waals surface area contributed by atoms with Gasteiger partial charge >= 0.3 is 0 Å². The molecular formula is C10H26N2Si. The first-order valence-corrected chi connectivity index (χ1v) is 6.62. The molecule has 0 bridgehead atoms. The van der Waals surface area contributed by atoms with Gasteiger partial charge in [0.1, 0.15) is 0 Å². The summed E-state index contributed by atoms with van der Waals surface area (Å²) in [6.07, 6.45) is 5.12. The maximum Gasteiger partial charge on any atom is 0.0460 e. The zero-order valence-electron chi connectivity index (χ0n) is 9.74. The maximum absolute atomic E-state index is 3.57.